The van der Waals surface area contributed by atoms with Gasteiger partial charge in [-0.15, -0.1) is 0 Å². The average molecular weight is 727 g/mol. The highest BCUT2D eigenvalue weighted by molar-refractivity contribution is 8.26. The number of rotatable bonds is 9. The van der Waals surface area contributed by atoms with E-state index in [-0.39, 0.29) is 34.0 Å². The number of nitrogens with zero attached hydrogens (tertiary/aromatic N) is 2. The van der Waals surface area contributed by atoms with E-state index < -0.39 is 47.5 Å². The molecule has 1 saturated heterocycles. The number of carbonyl (C=O) groups excluding carboxylic acids is 1. The van der Waals surface area contributed by atoms with Crippen molar-refractivity contribution in [2.24, 2.45) is 0 Å². The van der Waals surface area contributed by atoms with Crippen molar-refractivity contribution in [2.75, 3.05) is 0 Å². The normalized spacial score (nSPS) is 14.6. The highest BCUT2D eigenvalue weighted by Gasteiger charge is 2.38. The molecule has 0 radical (unpaired) electrons. The molecule has 6 nitrogen and oxygen atoms in total. The maximum absolute atomic E-state index is 14.1. The largest absolute Gasteiger partial charge is 0.489 e. The van der Waals surface area contributed by atoms with Crippen LogP contribution in [-0.2, 0) is 36.8 Å². The van der Waals surface area contributed by atoms with Crippen LogP contribution >= 0.6 is 24.0 Å². The lowest BCUT2D eigenvalue weighted by molar-refractivity contribution is -0.143. The third-order valence-electron chi connectivity index (χ3n) is 7.92. The molecule has 6 rings (SSSR count). The molecular weight excluding hydrogens is 703 g/mol. The van der Waals surface area contributed by atoms with Gasteiger partial charge >= 0.3 is 18.3 Å². The maximum Gasteiger partial charge on any atom is 0.416 e. The number of carbonyl (C=O) groups is 2. The van der Waals surface area contributed by atoms with Gasteiger partial charge < -0.3 is 14.4 Å². The number of amides is 1. The van der Waals surface area contributed by atoms with Crippen LogP contribution in [0.4, 0.5) is 26.3 Å². The highest BCUT2D eigenvalue weighted by atomic mass is 32.2. The van der Waals surface area contributed by atoms with Crippen LogP contribution in [0.5, 0.6) is 5.75 Å². The van der Waals surface area contributed by atoms with Crippen LogP contribution < -0.4 is 4.74 Å². The first-order valence-corrected chi connectivity index (χ1v) is 16.0. The fraction of sp³-hybridized carbons (Fsp3) is 0.139. The number of thiocarbonyl (C=S) groups is 1. The van der Waals surface area contributed by atoms with E-state index in [1.54, 1.807) is 36.4 Å². The van der Waals surface area contributed by atoms with Crippen LogP contribution in [0.15, 0.2) is 102 Å². The van der Waals surface area contributed by atoms with Crippen molar-refractivity contribution in [3.05, 3.63) is 141 Å². The second-order valence-corrected chi connectivity index (χ2v) is 13.0. The minimum Gasteiger partial charge on any atom is -0.489 e. The molecule has 0 spiro atoms. The summed E-state index contributed by atoms with van der Waals surface area (Å²) < 4.78 is 90.3. The molecule has 50 heavy (non-hydrogen) atoms. The highest BCUT2D eigenvalue weighted by Crippen LogP contribution is 2.39. The smallest absolute Gasteiger partial charge is 0.416 e. The average Bonchev–Trinajstić information content (AvgIpc) is 3.54. The number of carboxylic acids is 1. The molecule has 1 fully saturated rings. The molecule has 0 atom stereocenters. The van der Waals surface area contributed by atoms with E-state index in [1.807, 2.05) is 30.3 Å². The second-order valence-electron chi connectivity index (χ2n) is 11.3. The molecule has 1 aliphatic rings. The van der Waals surface area contributed by atoms with Gasteiger partial charge in [-0.3, -0.25) is 9.69 Å². The first-order valence-electron chi connectivity index (χ1n) is 14.8. The summed E-state index contributed by atoms with van der Waals surface area (Å²) in [6.45, 7) is -0.168. The minimum absolute atomic E-state index is 0.0491. The summed E-state index contributed by atoms with van der Waals surface area (Å²) in [5, 5.41) is 9.72. The molecule has 2 heterocycles. The van der Waals surface area contributed by atoms with Crippen LogP contribution in [0.3, 0.4) is 0 Å². The molecular formula is C36H24F6N2O4S2. The van der Waals surface area contributed by atoms with Gasteiger partial charge in [-0.05, 0) is 71.3 Å². The van der Waals surface area contributed by atoms with Crippen molar-refractivity contribution < 1.29 is 45.8 Å². The quantitative estimate of drug-likeness (QED) is 0.0928. The second kappa shape index (κ2) is 13.7. The van der Waals surface area contributed by atoms with Crippen LogP contribution in [-0.4, -0.2) is 30.8 Å². The van der Waals surface area contributed by atoms with Crippen molar-refractivity contribution in [3.63, 3.8) is 0 Å². The van der Waals surface area contributed by atoms with Gasteiger partial charge in [-0.25, -0.2) is 4.79 Å². The standard InChI is InChI=1S/C36H24F6N2O4S2/c37-35(38,39)26-11-10-24(29(16-26)36(40,41)42)19-43-27(14-25-15-28(12-13-30(25)43)48-20-22-4-2-1-3-5-22)17-31-32(45)44(34(49)50-31)18-21-6-8-23(9-7-21)33(46)47/h1-17H,18-20H2,(H,46,47)/b31-17-. The number of fused-ring (bicyclic) bond motifs is 1. The predicted octanol–water partition coefficient (Wildman–Crippen LogP) is 9.41. The summed E-state index contributed by atoms with van der Waals surface area (Å²) in [7, 11) is 0. The Morgan fingerprint density at radius 2 is 1.56 bits per heavy atom. The number of ether oxygens (including phenoxy) is 1. The van der Waals surface area contributed by atoms with Gasteiger partial charge in [0.15, 0.2) is 0 Å². The van der Waals surface area contributed by atoms with Crippen molar-refractivity contribution in [1.82, 2.24) is 9.47 Å². The lowest BCUT2D eigenvalue weighted by Crippen LogP contribution is -2.27. The van der Waals surface area contributed by atoms with E-state index in [1.165, 1.54) is 27.7 Å². The zero-order valence-corrected chi connectivity index (χ0v) is 27.2. The van der Waals surface area contributed by atoms with Crippen molar-refractivity contribution >= 4 is 57.2 Å². The zero-order valence-electron chi connectivity index (χ0n) is 25.6. The van der Waals surface area contributed by atoms with E-state index in [0.717, 1.165) is 23.4 Å². The van der Waals surface area contributed by atoms with E-state index in [2.05, 4.69) is 0 Å². The molecule has 1 amide bonds. The lowest BCUT2D eigenvalue weighted by Gasteiger charge is -2.18. The van der Waals surface area contributed by atoms with E-state index >= 15 is 0 Å². The Morgan fingerprint density at radius 1 is 0.840 bits per heavy atom. The van der Waals surface area contributed by atoms with E-state index in [9.17, 15) is 35.9 Å². The Hall–Kier alpha value is -5.08. The molecule has 0 aliphatic carbocycles. The van der Waals surface area contributed by atoms with Gasteiger partial charge in [0.1, 0.15) is 16.7 Å². The third-order valence-corrected chi connectivity index (χ3v) is 9.30. The number of hydrogen-bond acceptors (Lipinski definition) is 5. The fourth-order valence-corrected chi connectivity index (χ4v) is 6.67. The van der Waals surface area contributed by atoms with Crippen LogP contribution in [0.2, 0.25) is 0 Å². The topological polar surface area (TPSA) is 71.8 Å². The molecule has 5 aromatic rings. The van der Waals surface area contributed by atoms with E-state index in [4.69, 9.17) is 22.1 Å². The monoisotopic (exact) mass is 726 g/mol. The van der Waals surface area contributed by atoms with Gasteiger partial charge in [0.05, 0.1) is 28.1 Å². The first-order chi connectivity index (χ1) is 23.7. The molecule has 0 saturated carbocycles. The van der Waals surface area contributed by atoms with Gasteiger partial charge in [-0.2, -0.15) is 26.3 Å². The van der Waals surface area contributed by atoms with Crippen molar-refractivity contribution in [3.8, 4) is 5.75 Å². The Balaban J connectivity index is 1.38. The molecule has 0 unspecified atom stereocenters. The molecule has 4 aromatic carbocycles. The molecule has 256 valence electrons. The number of thioether (sulfide) groups is 1. The lowest BCUT2D eigenvalue weighted by atomic mass is 10.0. The van der Waals surface area contributed by atoms with Crippen LogP contribution in [0.1, 0.15) is 43.9 Å². The Labute approximate surface area is 290 Å². The van der Waals surface area contributed by atoms with Gasteiger partial charge in [0.25, 0.3) is 5.91 Å². The van der Waals surface area contributed by atoms with Crippen LogP contribution in [0, 0.1) is 0 Å². The zero-order chi connectivity index (χ0) is 35.8. The fourth-order valence-electron chi connectivity index (χ4n) is 5.43. The molecule has 1 aliphatic heterocycles. The molecule has 1 aromatic heterocycles. The van der Waals surface area contributed by atoms with Gasteiger partial charge in [-0.1, -0.05) is 72.5 Å². The number of aromatic carboxylic acids is 1. The van der Waals surface area contributed by atoms with Crippen LogP contribution in [0.25, 0.3) is 17.0 Å². The number of alkyl halides is 6. The summed E-state index contributed by atoms with van der Waals surface area (Å²) in [4.78, 5) is 26.3. The summed E-state index contributed by atoms with van der Waals surface area (Å²) in [6, 6.07) is 23.4. The molecule has 0 bridgehead atoms. The Kier molecular flexibility index (Phi) is 9.51. The van der Waals surface area contributed by atoms with Gasteiger partial charge in [0.2, 0.25) is 0 Å². The SMILES string of the molecule is O=C(O)c1ccc(CN2C(=O)/C(=C/c3cc4cc(OCc5ccccc5)ccc4n3Cc3ccc(C(F)(F)F)cc3C(F)(F)F)SC2=S)cc1. The third kappa shape index (κ3) is 7.55. The first kappa shape index (κ1) is 34.8. The van der Waals surface area contributed by atoms with Crippen molar-refractivity contribution in [1.29, 1.82) is 0 Å². The Morgan fingerprint density at radius 3 is 2.22 bits per heavy atom. The summed E-state index contributed by atoms with van der Waals surface area (Å²) >= 11 is 6.44. The molecule has 14 heteroatoms. The Bertz CT molecular complexity index is 2140. The van der Waals surface area contributed by atoms with E-state index in [0.29, 0.717) is 34.0 Å². The minimum atomic E-state index is -5.08. The number of hydrogen-bond donors (Lipinski definition) is 1. The number of halogens is 6. The predicted molar refractivity (Wildman–Crippen MR) is 180 cm³/mol. The summed E-state index contributed by atoms with van der Waals surface area (Å²) in [5.41, 5.74) is -0.901. The van der Waals surface area contributed by atoms with Crippen molar-refractivity contribution in [2.45, 2.75) is 32.0 Å². The van der Waals surface area contributed by atoms with Gasteiger partial charge in [0, 0.05) is 23.1 Å². The maximum atomic E-state index is 14.1. The number of aromatic nitrogens is 1. The number of benzene rings is 4. The summed E-state index contributed by atoms with van der Waals surface area (Å²) in [6.07, 6.45) is -8.58. The molecule has 1 N–H and O–H groups in total. The summed E-state index contributed by atoms with van der Waals surface area (Å²) in [5.74, 6) is -1.11. The number of carboxylic acid groups (broad SMARTS) is 1.